The smallest absolute Gasteiger partial charge is 0.201 e. The lowest BCUT2D eigenvalue weighted by atomic mass is 10.1. The van der Waals surface area contributed by atoms with Gasteiger partial charge in [0.2, 0.25) is 5.78 Å². The van der Waals surface area contributed by atoms with E-state index in [9.17, 15) is 4.79 Å². The average Bonchev–Trinajstić information content (AvgIpc) is 2.63. The van der Waals surface area contributed by atoms with Crippen molar-refractivity contribution in [2.45, 2.75) is 11.8 Å². The maximum Gasteiger partial charge on any atom is 0.201 e. The van der Waals surface area contributed by atoms with Gasteiger partial charge in [-0.3, -0.25) is 4.79 Å². The normalized spacial score (nSPS) is 10.3. The van der Waals surface area contributed by atoms with Gasteiger partial charge in [0, 0.05) is 10.5 Å². The zero-order valence-electron chi connectivity index (χ0n) is 14.2. The molecule has 0 heterocycles. The Morgan fingerprint density at radius 1 is 0.917 bits per heavy atom. The summed E-state index contributed by atoms with van der Waals surface area (Å²) in [5.41, 5.74) is 1.88. The maximum atomic E-state index is 13.0. The van der Waals surface area contributed by atoms with Crippen molar-refractivity contribution in [3.8, 4) is 5.75 Å². The van der Waals surface area contributed by atoms with Gasteiger partial charge >= 0.3 is 0 Å². The molecule has 0 atom stereocenters. The van der Waals surface area contributed by atoms with Crippen molar-refractivity contribution in [2.75, 3.05) is 19.6 Å². The molecule has 0 radical (unpaired) electrons. The Kier molecular flexibility index (Phi) is 7.34. The van der Waals surface area contributed by atoms with Crippen LogP contribution in [0.25, 0.3) is 0 Å². The van der Waals surface area contributed by atoms with E-state index >= 15 is 0 Å². The first-order valence-corrected chi connectivity index (χ1v) is 10.6. The first-order valence-electron chi connectivity index (χ1n) is 7.34. The first kappa shape index (κ1) is 19.0. The molecule has 126 valence electrons. The average molecular weight is 377 g/mol. The minimum absolute atomic E-state index is 0.0435. The second-order valence-electron chi connectivity index (χ2n) is 5.00. The van der Waals surface area contributed by atoms with E-state index in [0.717, 1.165) is 19.8 Å². The van der Waals surface area contributed by atoms with E-state index in [2.05, 4.69) is 31.2 Å². The molecular weight excluding hydrogens is 356 g/mol. The fourth-order valence-corrected chi connectivity index (χ4v) is 4.82. The number of rotatable bonds is 7. The van der Waals surface area contributed by atoms with Crippen LogP contribution in [-0.4, -0.2) is 25.4 Å². The third-order valence-electron chi connectivity index (χ3n) is 3.36. The van der Waals surface area contributed by atoms with Crippen molar-refractivity contribution in [2.24, 2.45) is 0 Å². The summed E-state index contributed by atoms with van der Waals surface area (Å²) in [6, 6.07) is 15.5. The molecule has 0 amide bonds. The van der Waals surface area contributed by atoms with Crippen LogP contribution in [0.2, 0.25) is 0 Å². The summed E-state index contributed by atoms with van der Waals surface area (Å²) < 4.78 is 6.20. The standard InChI is InChI=1S/C19H20O2S3/c1-13-5-11-16(12-6-13)24-18(19(22-3)23-4)17(20)14-7-9-15(21-2)10-8-14/h5-12H,1-4H3. The van der Waals surface area contributed by atoms with E-state index in [4.69, 9.17) is 4.74 Å². The van der Waals surface area contributed by atoms with Gasteiger partial charge in [-0.25, -0.2) is 0 Å². The molecular formula is C19H20O2S3. The quantitative estimate of drug-likeness (QED) is 0.342. The molecule has 0 saturated carbocycles. The van der Waals surface area contributed by atoms with E-state index in [1.54, 1.807) is 30.6 Å². The first-order chi connectivity index (χ1) is 11.6. The number of thioether (sulfide) groups is 3. The van der Waals surface area contributed by atoms with Crippen LogP contribution in [0.1, 0.15) is 15.9 Å². The zero-order chi connectivity index (χ0) is 17.5. The molecule has 0 saturated heterocycles. The minimum Gasteiger partial charge on any atom is -0.497 e. The van der Waals surface area contributed by atoms with Crippen LogP contribution in [0.15, 0.2) is 62.6 Å². The molecule has 0 N–H and O–H groups in total. The summed E-state index contributed by atoms with van der Waals surface area (Å²) in [7, 11) is 1.62. The highest BCUT2D eigenvalue weighted by Crippen LogP contribution is 2.39. The molecule has 0 aromatic heterocycles. The van der Waals surface area contributed by atoms with Crippen molar-refractivity contribution in [3.05, 3.63) is 68.8 Å². The summed E-state index contributed by atoms with van der Waals surface area (Å²) in [6.45, 7) is 2.06. The Morgan fingerprint density at radius 2 is 1.50 bits per heavy atom. The third-order valence-corrected chi connectivity index (χ3v) is 6.87. The highest BCUT2D eigenvalue weighted by atomic mass is 32.2. The highest BCUT2D eigenvalue weighted by Gasteiger charge is 2.18. The summed E-state index contributed by atoms with van der Waals surface area (Å²) >= 11 is 4.74. The maximum absolute atomic E-state index is 13.0. The number of benzene rings is 2. The van der Waals surface area contributed by atoms with Gasteiger partial charge in [0.1, 0.15) is 5.75 Å². The van der Waals surface area contributed by atoms with Gasteiger partial charge in [-0.2, -0.15) is 0 Å². The Bertz CT molecular complexity index is 713. The predicted molar refractivity (Wildman–Crippen MR) is 108 cm³/mol. The summed E-state index contributed by atoms with van der Waals surface area (Å²) in [4.78, 5) is 14.9. The van der Waals surface area contributed by atoms with Gasteiger partial charge in [-0.15, -0.1) is 23.5 Å². The summed E-state index contributed by atoms with van der Waals surface area (Å²) in [5, 5.41) is 0. The number of methoxy groups -OCH3 is 1. The van der Waals surface area contributed by atoms with E-state index in [-0.39, 0.29) is 5.78 Å². The van der Waals surface area contributed by atoms with Crippen molar-refractivity contribution >= 4 is 41.1 Å². The van der Waals surface area contributed by atoms with Crippen molar-refractivity contribution in [1.82, 2.24) is 0 Å². The van der Waals surface area contributed by atoms with Gasteiger partial charge in [-0.05, 0) is 55.8 Å². The Labute approximate surface area is 156 Å². The van der Waals surface area contributed by atoms with Gasteiger partial charge < -0.3 is 4.74 Å². The molecule has 0 aliphatic rings. The van der Waals surface area contributed by atoms with Crippen LogP contribution < -0.4 is 4.74 Å². The number of allylic oxidation sites excluding steroid dienone is 1. The number of hydrogen-bond donors (Lipinski definition) is 0. The number of carbonyl (C=O) groups excluding carboxylic acids is 1. The van der Waals surface area contributed by atoms with Crippen LogP contribution in [0.3, 0.4) is 0 Å². The Hall–Kier alpha value is -1.30. The fourth-order valence-electron chi connectivity index (χ4n) is 2.05. The largest absolute Gasteiger partial charge is 0.497 e. The monoisotopic (exact) mass is 376 g/mol. The number of hydrogen-bond acceptors (Lipinski definition) is 5. The molecule has 24 heavy (non-hydrogen) atoms. The van der Waals surface area contributed by atoms with Crippen LogP contribution in [-0.2, 0) is 0 Å². The van der Waals surface area contributed by atoms with Gasteiger partial charge in [0.15, 0.2) is 0 Å². The van der Waals surface area contributed by atoms with Crippen LogP contribution in [0, 0.1) is 6.92 Å². The highest BCUT2D eigenvalue weighted by molar-refractivity contribution is 8.22. The SMILES string of the molecule is COc1ccc(C(=O)C(Sc2ccc(C)cc2)=C(SC)SC)cc1. The molecule has 2 aromatic carbocycles. The molecule has 0 aliphatic heterocycles. The molecule has 0 bridgehead atoms. The minimum atomic E-state index is 0.0435. The van der Waals surface area contributed by atoms with Gasteiger partial charge in [-0.1, -0.05) is 29.5 Å². The number of Topliss-reactive ketones (excluding diaryl/α,β-unsaturated/α-hetero) is 1. The predicted octanol–water partition coefficient (Wildman–Crippen LogP) is 5.87. The number of aryl methyl sites for hydroxylation is 1. The summed E-state index contributed by atoms with van der Waals surface area (Å²) in [6.07, 6.45) is 4.01. The second-order valence-corrected chi connectivity index (χ2v) is 7.97. The topological polar surface area (TPSA) is 26.3 Å². The van der Waals surface area contributed by atoms with Crippen LogP contribution in [0.4, 0.5) is 0 Å². The van der Waals surface area contributed by atoms with E-state index in [0.29, 0.717) is 5.56 Å². The molecule has 0 aliphatic carbocycles. The van der Waals surface area contributed by atoms with E-state index in [1.807, 2.05) is 36.8 Å². The molecule has 0 spiro atoms. The van der Waals surface area contributed by atoms with Gasteiger partial charge in [0.25, 0.3) is 0 Å². The number of ketones is 1. The number of carbonyl (C=O) groups is 1. The number of ether oxygens (including phenoxy) is 1. The Balaban J connectivity index is 2.36. The lowest BCUT2D eigenvalue weighted by Gasteiger charge is -2.12. The van der Waals surface area contributed by atoms with E-state index < -0.39 is 0 Å². The van der Waals surface area contributed by atoms with Crippen LogP contribution >= 0.6 is 35.3 Å². The van der Waals surface area contributed by atoms with Crippen molar-refractivity contribution in [3.63, 3.8) is 0 Å². The summed E-state index contributed by atoms with van der Waals surface area (Å²) in [5.74, 6) is 0.792. The van der Waals surface area contributed by atoms with Crippen molar-refractivity contribution in [1.29, 1.82) is 0 Å². The second kappa shape index (κ2) is 9.25. The van der Waals surface area contributed by atoms with E-state index in [1.165, 1.54) is 17.3 Å². The lowest BCUT2D eigenvalue weighted by Crippen LogP contribution is -2.02. The van der Waals surface area contributed by atoms with Crippen LogP contribution in [0.5, 0.6) is 5.75 Å². The molecule has 0 unspecified atom stereocenters. The third kappa shape index (κ3) is 4.85. The zero-order valence-corrected chi connectivity index (χ0v) is 16.6. The van der Waals surface area contributed by atoms with Crippen molar-refractivity contribution < 1.29 is 9.53 Å². The van der Waals surface area contributed by atoms with Gasteiger partial charge in [0.05, 0.1) is 16.3 Å². The lowest BCUT2D eigenvalue weighted by molar-refractivity contribution is 0.104. The molecule has 2 nitrogen and oxygen atoms in total. The Morgan fingerprint density at radius 3 is 2.00 bits per heavy atom. The molecule has 2 rings (SSSR count). The molecule has 2 aromatic rings. The molecule has 5 heteroatoms. The molecule has 0 fully saturated rings. The fraction of sp³-hybridized carbons (Fsp3) is 0.211.